The van der Waals surface area contributed by atoms with E-state index in [9.17, 15) is 4.79 Å². The van der Waals surface area contributed by atoms with Crippen LogP contribution in [0.25, 0.3) is 22.6 Å². The summed E-state index contributed by atoms with van der Waals surface area (Å²) in [6, 6.07) is 11.2. The van der Waals surface area contributed by atoms with Gasteiger partial charge in [0.1, 0.15) is 5.52 Å². The summed E-state index contributed by atoms with van der Waals surface area (Å²) in [6.07, 6.45) is 0. The molecule has 4 nitrogen and oxygen atoms in total. The van der Waals surface area contributed by atoms with Gasteiger partial charge in [0.2, 0.25) is 11.8 Å². The smallest absolute Gasteiger partial charge is 0.227 e. The summed E-state index contributed by atoms with van der Waals surface area (Å²) in [7, 11) is 0. The Morgan fingerprint density at radius 1 is 1.22 bits per heavy atom. The molecular weight excluding hydrogens is 312 g/mol. The van der Waals surface area contributed by atoms with Crippen LogP contribution in [0.1, 0.15) is 19.4 Å². The third-order valence-corrected chi connectivity index (χ3v) is 3.87. The van der Waals surface area contributed by atoms with E-state index in [1.54, 1.807) is 12.1 Å². The Hall–Kier alpha value is -2.33. The maximum absolute atomic E-state index is 11.9. The summed E-state index contributed by atoms with van der Waals surface area (Å²) in [5, 5.41) is 3.30. The molecule has 118 valence electrons. The van der Waals surface area contributed by atoms with Crippen LogP contribution in [0.2, 0.25) is 5.02 Å². The highest BCUT2D eigenvalue weighted by Gasteiger charge is 2.13. The Balaban J connectivity index is 2.00. The average Bonchev–Trinajstić information content (AvgIpc) is 2.92. The molecule has 0 saturated heterocycles. The van der Waals surface area contributed by atoms with Crippen LogP contribution in [0.5, 0.6) is 0 Å². The van der Waals surface area contributed by atoms with Crippen LogP contribution in [-0.2, 0) is 4.79 Å². The number of aryl methyl sites for hydroxylation is 1. The molecule has 1 amide bonds. The first-order valence-electron chi connectivity index (χ1n) is 7.42. The highest BCUT2D eigenvalue weighted by atomic mass is 35.5. The van der Waals surface area contributed by atoms with Crippen molar-refractivity contribution in [2.24, 2.45) is 5.92 Å². The molecule has 0 aliphatic carbocycles. The van der Waals surface area contributed by atoms with Crippen LogP contribution in [0, 0.1) is 12.8 Å². The fourth-order valence-corrected chi connectivity index (χ4v) is 2.35. The number of carbonyl (C=O) groups excluding carboxylic acids is 1. The number of oxazole rings is 1. The van der Waals surface area contributed by atoms with Crippen molar-refractivity contribution in [2.75, 3.05) is 5.32 Å². The fourth-order valence-electron chi connectivity index (χ4n) is 2.19. The number of anilines is 1. The summed E-state index contributed by atoms with van der Waals surface area (Å²) in [4.78, 5) is 16.4. The van der Waals surface area contributed by atoms with Crippen LogP contribution in [0.3, 0.4) is 0 Å². The molecule has 3 rings (SSSR count). The van der Waals surface area contributed by atoms with Gasteiger partial charge in [-0.05, 0) is 42.8 Å². The van der Waals surface area contributed by atoms with Gasteiger partial charge in [-0.1, -0.05) is 31.5 Å². The minimum atomic E-state index is -0.123. The Kier molecular flexibility index (Phi) is 4.09. The van der Waals surface area contributed by atoms with Crippen molar-refractivity contribution >= 4 is 34.3 Å². The van der Waals surface area contributed by atoms with Crippen molar-refractivity contribution in [3.8, 4) is 11.5 Å². The van der Waals surface area contributed by atoms with Crippen LogP contribution >= 0.6 is 11.6 Å². The van der Waals surface area contributed by atoms with E-state index in [4.69, 9.17) is 16.0 Å². The maximum atomic E-state index is 11.9. The molecule has 0 bridgehead atoms. The zero-order chi connectivity index (χ0) is 16.6. The monoisotopic (exact) mass is 328 g/mol. The molecule has 0 aliphatic heterocycles. The van der Waals surface area contributed by atoms with Crippen molar-refractivity contribution < 1.29 is 9.21 Å². The van der Waals surface area contributed by atoms with E-state index in [0.29, 0.717) is 16.6 Å². The zero-order valence-corrected chi connectivity index (χ0v) is 13.9. The summed E-state index contributed by atoms with van der Waals surface area (Å²) < 4.78 is 5.82. The van der Waals surface area contributed by atoms with Crippen LogP contribution in [0.4, 0.5) is 5.69 Å². The molecule has 2 aromatic carbocycles. The molecule has 0 unspecified atom stereocenters. The Morgan fingerprint density at radius 3 is 2.74 bits per heavy atom. The Bertz CT molecular complexity index is 884. The predicted molar refractivity (Wildman–Crippen MR) is 92.7 cm³/mol. The number of benzene rings is 2. The summed E-state index contributed by atoms with van der Waals surface area (Å²) >= 11 is 6.17. The van der Waals surface area contributed by atoms with Crippen molar-refractivity contribution in [2.45, 2.75) is 20.8 Å². The molecule has 1 heterocycles. The number of fused-ring (bicyclic) bond motifs is 1. The van der Waals surface area contributed by atoms with Gasteiger partial charge in [-0.3, -0.25) is 4.79 Å². The second-order valence-corrected chi connectivity index (χ2v) is 6.24. The van der Waals surface area contributed by atoms with Crippen LogP contribution < -0.4 is 5.32 Å². The van der Waals surface area contributed by atoms with E-state index >= 15 is 0 Å². The number of hydrogen-bond acceptors (Lipinski definition) is 3. The quantitative estimate of drug-likeness (QED) is 0.731. The molecule has 1 aromatic heterocycles. The lowest BCUT2D eigenvalue weighted by Gasteiger charge is -2.10. The normalized spacial score (nSPS) is 11.2. The minimum Gasteiger partial charge on any atom is -0.436 e. The molecular formula is C18H17ClN2O2. The topological polar surface area (TPSA) is 55.1 Å². The molecule has 0 radical (unpaired) electrons. The van der Waals surface area contributed by atoms with Gasteiger partial charge in [-0.2, -0.15) is 0 Å². The second kappa shape index (κ2) is 6.05. The Labute approximate surface area is 139 Å². The second-order valence-electron chi connectivity index (χ2n) is 5.83. The third kappa shape index (κ3) is 3.22. The van der Waals surface area contributed by atoms with Crippen molar-refractivity contribution in [3.63, 3.8) is 0 Å². The van der Waals surface area contributed by atoms with E-state index in [1.165, 1.54) is 0 Å². The van der Waals surface area contributed by atoms with Gasteiger partial charge < -0.3 is 9.73 Å². The molecule has 0 spiro atoms. The number of halogens is 1. The Morgan fingerprint density at radius 2 is 2.00 bits per heavy atom. The third-order valence-electron chi connectivity index (χ3n) is 3.54. The molecule has 0 saturated carbocycles. The first-order chi connectivity index (χ1) is 10.9. The van der Waals surface area contributed by atoms with E-state index in [1.807, 2.05) is 45.0 Å². The maximum Gasteiger partial charge on any atom is 0.227 e. The molecule has 5 heteroatoms. The lowest BCUT2D eigenvalue weighted by molar-refractivity contribution is -0.118. The largest absolute Gasteiger partial charge is 0.436 e. The van der Waals surface area contributed by atoms with Gasteiger partial charge in [0.05, 0.1) is 10.7 Å². The average molecular weight is 329 g/mol. The zero-order valence-electron chi connectivity index (χ0n) is 13.2. The number of amides is 1. The number of aromatic nitrogens is 1. The summed E-state index contributed by atoms with van der Waals surface area (Å²) in [6.45, 7) is 5.66. The highest BCUT2D eigenvalue weighted by molar-refractivity contribution is 6.33. The molecule has 0 atom stereocenters. The van der Waals surface area contributed by atoms with Crippen molar-refractivity contribution in [1.82, 2.24) is 4.98 Å². The molecule has 3 aromatic rings. The highest BCUT2D eigenvalue weighted by Crippen LogP contribution is 2.30. The predicted octanol–water partition coefficient (Wildman–Crippen LogP) is 5.05. The molecule has 23 heavy (non-hydrogen) atoms. The summed E-state index contributed by atoms with van der Waals surface area (Å²) in [5.74, 6) is 0.293. The number of nitrogens with zero attached hydrogens (tertiary/aromatic N) is 1. The van der Waals surface area contributed by atoms with E-state index in [-0.39, 0.29) is 11.8 Å². The van der Waals surface area contributed by atoms with Gasteiger partial charge >= 0.3 is 0 Å². The standard InChI is InChI=1S/C18H17ClN2O2/c1-10(2)17(22)20-15-9-12(5-6-13(15)19)18-21-14-7-4-11(3)8-16(14)23-18/h4-10H,1-3H3,(H,20,22). The van der Waals surface area contributed by atoms with Crippen molar-refractivity contribution in [3.05, 3.63) is 47.0 Å². The molecule has 1 N–H and O–H groups in total. The minimum absolute atomic E-state index is 0.0859. The summed E-state index contributed by atoms with van der Waals surface area (Å²) in [5.41, 5.74) is 3.97. The number of rotatable bonds is 3. The molecule has 0 fully saturated rings. The van der Waals surface area contributed by atoms with Crippen molar-refractivity contribution in [1.29, 1.82) is 0 Å². The van der Waals surface area contributed by atoms with Gasteiger partial charge in [0.15, 0.2) is 5.58 Å². The lowest BCUT2D eigenvalue weighted by Crippen LogP contribution is -2.17. The van der Waals surface area contributed by atoms with E-state index < -0.39 is 0 Å². The van der Waals surface area contributed by atoms with Gasteiger partial charge in [0, 0.05) is 11.5 Å². The molecule has 0 aliphatic rings. The number of hydrogen-bond donors (Lipinski definition) is 1. The fraction of sp³-hybridized carbons (Fsp3) is 0.222. The van der Waals surface area contributed by atoms with E-state index in [2.05, 4.69) is 10.3 Å². The van der Waals surface area contributed by atoms with Crippen LogP contribution in [-0.4, -0.2) is 10.9 Å². The van der Waals surface area contributed by atoms with Gasteiger partial charge in [-0.15, -0.1) is 0 Å². The van der Waals surface area contributed by atoms with Gasteiger partial charge in [0.25, 0.3) is 0 Å². The van der Waals surface area contributed by atoms with E-state index in [0.717, 1.165) is 22.2 Å². The first-order valence-corrected chi connectivity index (χ1v) is 7.80. The lowest BCUT2D eigenvalue weighted by atomic mass is 10.1. The number of nitrogens with one attached hydrogen (secondary N) is 1. The SMILES string of the molecule is Cc1ccc2nc(-c3ccc(Cl)c(NC(=O)C(C)C)c3)oc2c1. The first kappa shape index (κ1) is 15.6. The van der Waals surface area contributed by atoms with Gasteiger partial charge in [-0.25, -0.2) is 4.98 Å². The number of carbonyl (C=O) groups is 1. The van der Waals surface area contributed by atoms with Crippen LogP contribution in [0.15, 0.2) is 40.8 Å².